The number of methoxy groups -OCH3 is 1. The number of benzene rings is 1. The number of piperidine rings is 3. The Hall–Kier alpha value is -2.64. The Morgan fingerprint density at radius 2 is 1.94 bits per heavy atom. The summed E-state index contributed by atoms with van der Waals surface area (Å²) in [6, 6.07) is 11.6. The maximum Gasteiger partial charge on any atom is 0.415 e. The van der Waals surface area contributed by atoms with Crippen LogP contribution in [0.25, 0.3) is 11.3 Å². The molecule has 1 aromatic heterocycles. The molecule has 7 heteroatoms. The molecule has 5 rings (SSSR count). The number of nitrogens with zero attached hydrogens (tertiary/aromatic N) is 3. The summed E-state index contributed by atoms with van der Waals surface area (Å²) in [5.74, 6) is 1.75. The first-order chi connectivity index (χ1) is 15.6. The molecule has 2 aromatic rings. The van der Waals surface area contributed by atoms with Crippen molar-refractivity contribution in [1.82, 2.24) is 14.8 Å². The minimum absolute atomic E-state index is 0.0712. The summed E-state index contributed by atoms with van der Waals surface area (Å²) in [7, 11) is 1.64. The van der Waals surface area contributed by atoms with Gasteiger partial charge in [0.05, 0.1) is 24.5 Å². The maximum atomic E-state index is 13.3. The number of carbonyl (C=O) groups is 1. The van der Waals surface area contributed by atoms with Crippen LogP contribution in [0.2, 0.25) is 0 Å². The fraction of sp³-hybridized carbons (Fsp3) is 0.520. The Balaban J connectivity index is 1.50. The van der Waals surface area contributed by atoms with Gasteiger partial charge in [-0.1, -0.05) is 12.1 Å². The van der Waals surface area contributed by atoms with Gasteiger partial charge in [-0.3, -0.25) is 4.98 Å². The van der Waals surface area contributed by atoms with Crippen LogP contribution in [0.4, 0.5) is 4.79 Å². The van der Waals surface area contributed by atoms with E-state index in [9.17, 15) is 4.79 Å². The highest BCUT2D eigenvalue weighted by Gasteiger charge is 2.41. The van der Waals surface area contributed by atoms with Crippen molar-refractivity contribution in [1.29, 1.82) is 0 Å². The molecular weight excluding hydrogens is 406 g/mol. The van der Waals surface area contributed by atoms with Crippen molar-refractivity contribution in [2.45, 2.75) is 38.8 Å². The monoisotopic (exact) mass is 439 g/mol. The average Bonchev–Trinajstić information content (AvgIpc) is 2.81. The van der Waals surface area contributed by atoms with E-state index in [1.54, 1.807) is 13.3 Å². The van der Waals surface area contributed by atoms with Gasteiger partial charge in [-0.15, -0.1) is 0 Å². The van der Waals surface area contributed by atoms with Crippen LogP contribution in [-0.2, 0) is 4.74 Å². The zero-order valence-corrected chi connectivity index (χ0v) is 19.2. The topological polar surface area (TPSA) is 64.1 Å². The van der Waals surface area contributed by atoms with E-state index >= 15 is 0 Å². The molecule has 1 aromatic carbocycles. The molecule has 3 aliphatic heterocycles. The molecule has 0 aliphatic carbocycles. The quantitative estimate of drug-likeness (QED) is 0.578. The van der Waals surface area contributed by atoms with Gasteiger partial charge in [0.1, 0.15) is 18.1 Å². The van der Waals surface area contributed by atoms with E-state index in [1.165, 1.54) is 0 Å². The first kappa shape index (κ1) is 22.6. The normalized spacial score (nSPS) is 22.1. The fourth-order valence-corrected chi connectivity index (χ4v) is 4.76. The van der Waals surface area contributed by atoms with E-state index in [4.69, 9.17) is 14.2 Å². The molecule has 1 atom stereocenters. The summed E-state index contributed by atoms with van der Waals surface area (Å²) in [4.78, 5) is 22.3. The molecule has 0 spiro atoms. The Kier molecular flexibility index (Phi) is 7.27. The first-order valence-electron chi connectivity index (χ1n) is 11.5. The van der Waals surface area contributed by atoms with Crippen LogP contribution in [0.1, 0.15) is 26.7 Å². The Labute approximate surface area is 190 Å². The van der Waals surface area contributed by atoms with Crippen LogP contribution in [0.3, 0.4) is 0 Å². The van der Waals surface area contributed by atoms with Crippen LogP contribution >= 0.6 is 0 Å². The lowest BCUT2D eigenvalue weighted by Gasteiger charge is -2.49. The van der Waals surface area contributed by atoms with E-state index in [1.807, 2.05) is 41.3 Å². The predicted octanol–water partition coefficient (Wildman–Crippen LogP) is 4.08. The summed E-state index contributed by atoms with van der Waals surface area (Å²) in [5.41, 5.74) is 1.51. The van der Waals surface area contributed by atoms with Gasteiger partial charge in [0.15, 0.2) is 0 Å². The van der Waals surface area contributed by atoms with Gasteiger partial charge in [0.25, 0.3) is 0 Å². The number of para-hydroxylation sites is 1. The van der Waals surface area contributed by atoms with Crippen LogP contribution in [0.5, 0.6) is 11.5 Å². The molecule has 172 valence electrons. The highest BCUT2D eigenvalue weighted by molar-refractivity contribution is 5.76. The molecule has 0 radical (unpaired) electrons. The van der Waals surface area contributed by atoms with E-state index in [2.05, 4.69) is 23.7 Å². The third-order valence-corrected chi connectivity index (χ3v) is 6.40. The molecule has 32 heavy (non-hydrogen) atoms. The fourth-order valence-electron chi connectivity index (χ4n) is 4.76. The molecule has 3 aliphatic rings. The number of pyridine rings is 1. The smallest absolute Gasteiger partial charge is 0.415 e. The van der Waals surface area contributed by atoms with Crippen molar-refractivity contribution in [3.05, 3.63) is 42.6 Å². The summed E-state index contributed by atoms with van der Waals surface area (Å²) in [5, 5.41) is 0. The van der Waals surface area contributed by atoms with Gasteiger partial charge >= 0.3 is 6.09 Å². The van der Waals surface area contributed by atoms with Crippen molar-refractivity contribution in [2.24, 2.45) is 5.92 Å². The van der Waals surface area contributed by atoms with Crippen LogP contribution in [-0.4, -0.2) is 72.9 Å². The predicted molar refractivity (Wildman–Crippen MR) is 123 cm³/mol. The molecular formula is C25H33N3O4. The SMILES string of the molecule is COCCOc1ccc(-c2ccccc2OC(=O)N(C(C)C)C2CN3CCC2CC3)nc1. The number of rotatable bonds is 8. The minimum Gasteiger partial charge on any atom is -0.490 e. The van der Waals surface area contributed by atoms with Crippen molar-refractivity contribution >= 4 is 6.09 Å². The summed E-state index contributed by atoms with van der Waals surface area (Å²) in [6.45, 7) is 8.33. The Bertz CT molecular complexity index is 894. The van der Waals surface area contributed by atoms with Crippen LogP contribution < -0.4 is 9.47 Å². The molecule has 0 N–H and O–H groups in total. The van der Waals surface area contributed by atoms with Crippen LogP contribution in [0.15, 0.2) is 42.6 Å². The van der Waals surface area contributed by atoms with Crippen molar-refractivity contribution in [2.75, 3.05) is 40.0 Å². The minimum atomic E-state index is -0.286. The van der Waals surface area contributed by atoms with Crippen molar-refractivity contribution in [3.8, 4) is 22.8 Å². The molecule has 3 fully saturated rings. The second-order valence-electron chi connectivity index (χ2n) is 8.79. The number of hydrogen-bond acceptors (Lipinski definition) is 6. The number of ether oxygens (including phenoxy) is 3. The second kappa shape index (κ2) is 10.3. The largest absolute Gasteiger partial charge is 0.490 e. The van der Waals surface area contributed by atoms with Gasteiger partial charge in [-0.05, 0) is 70.0 Å². The highest BCUT2D eigenvalue weighted by atomic mass is 16.6. The number of aromatic nitrogens is 1. The zero-order valence-electron chi connectivity index (χ0n) is 19.2. The first-order valence-corrected chi connectivity index (χ1v) is 11.5. The molecule has 4 heterocycles. The molecule has 1 amide bonds. The lowest BCUT2D eigenvalue weighted by molar-refractivity contribution is 0.00136. The zero-order chi connectivity index (χ0) is 22.5. The highest BCUT2D eigenvalue weighted by Crippen LogP contribution is 2.34. The molecule has 3 saturated heterocycles. The summed E-state index contributed by atoms with van der Waals surface area (Å²) < 4.78 is 16.6. The van der Waals surface area contributed by atoms with Crippen molar-refractivity contribution in [3.63, 3.8) is 0 Å². The number of amides is 1. The maximum absolute atomic E-state index is 13.3. The molecule has 1 unspecified atom stereocenters. The summed E-state index contributed by atoms with van der Waals surface area (Å²) in [6.07, 6.45) is 3.70. The standard InChI is InChI=1S/C25H33N3O4/c1-18(2)28(23-17-27-12-10-19(23)11-13-27)25(29)32-24-7-5-4-6-21(24)22-9-8-20(16-26-22)31-15-14-30-3/h4-9,16,18-19,23H,10-15,17H2,1-3H3. The number of hydrogen-bond donors (Lipinski definition) is 0. The lowest BCUT2D eigenvalue weighted by Crippen LogP contribution is -2.60. The number of carbonyl (C=O) groups excluding carboxylic acids is 1. The van der Waals surface area contributed by atoms with Gasteiger partial charge in [-0.25, -0.2) is 4.79 Å². The van der Waals surface area contributed by atoms with E-state index in [0.717, 1.165) is 43.7 Å². The van der Waals surface area contributed by atoms with Gasteiger partial charge in [0.2, 0.25) is 0 Å². The Morgan fingerprint density at radius 3 is 2.56 bits per heavy atom. The Morgan fingerprint density at radius 1 is 1.16 bits per heavy atom. The molecule has 0 saturated carbocycles. The van der Waals surface area contributed by atoms with Gasteiger partial charge in [0, 0.05) is 25.3 Å². The molecule has 2 bridgehead atoms. The van der Waals surface area contributed by atoms with E-state index in [-0.39, 0.29) is 18.2 Å². The summed E-state index contributed by atoms with van der Waals surface area (Å²) >= 11 is 0. The van der Waals surface area contributed by atoms with Crippen LogP contribution in [0, 0.1) is 5.92 Å². The van der Waals surface area contributed by atoms with E-state index < -0.39 is 0 Å². The van der Waals surface area contributed by atoms with Gasteiger partial charge < -0.3 is 24.0 Å². The van der Waals surface area contributed by atoms with E-state index in [0.29, 0.717) is 30.6 Å². The van der Waals surface area contributed by atoms with Crippen molar-refractivity contribution < 1.29 is 19.0 Å². The lowest BCUT2D eigenvalue weighted by atomic mass is 9.83. The number of fused-ring (bicyclic) bond motifs is 3. The second-order valence-corrected chi connectivity index (χ2v) is 8.79. The third-order valence-electron chi connectivity index (χ3n) is 6.40. The molecule has 7 nitrogen and oxygen atoms in total. The van der Waals surface area contributed by atoms with Gasteiger partial charge in [-0.2, -0.15) is 0 Å². The third kappa shape index (κ3) is 5.05. The average molecular weight is 440 g/mol.